The second-order valence-corrected chi connectivity index (χ2v) is 6.99. The molecule has 0 bridgehead atoms. The van der Waals surface area contributed by atoms with Crippen molar-refractivity contribution in [2.75, 3.05) is 13.2 Å². The molecular weight excluding hydrogens is 362 g/mol. The van der Waals surface area contributed by atoms with Crippen LogP contribution in [0.3, 0.4) is 0 Å². The molecule has 0 fully saturated rings. The fraction of sp³-hybridized carbons (Fsp3) is 0.238. The van der Waals surface area contributed by atoms with Gasteiger partial charge in [-0.3, -0.25) is 9.48 Å². The zero-order chi connectivity index (χ0) is 18.6. The van der Waals surface area contributed by atoms with Crippen molar-refractivity contribution in [3.63, 3.8) is 0 Å². The number of aromatic nitrogens is 2. The highest BCUT2D eigenvalue weighted by Gasteiger charge is 2.25. The summed E-state index contributed by atoms with van der Waals surface area (Å²) in [4.78, 5) is 12.3. The molecule has 1 amide bonds. The number of rotatable bonds is 5. The molecule has 1 aliphatic heterocycles. The Morgan fingerprint density at radius 3 is 2.74 bits per heavy atom. The molecule has 1 atom stereocenters. The minimum absolute atomic E-state index is 0.147. The maximum atomic E-state index is 12.3. The summed E-state index contributed by atoms with van der Waals surface area (Å²) in [7, 11) is 0. The number of fused-ring (bicyclic) bond motifs is 1. The van der Waals surface area contributed by atoms with Crippen LogP contribution in [0.15, 0.2) is 60.8 Å². The van der Waals surface area contributed by atoms with E-state index in [1.54, 1.807) is 24.3 Å². The average molecular weight is 382 g/mol. The fourth-order valence-electron chi connectivity index (χ4n) is 3.23. The summed E-state index contributed by atoms with van der Waals surface area (Å²) in [6, 6.07) is 17.0. The molecule has 1 aliphatic rings. The highest BCUT2D eigenvalue weighted by Crippen LogP contribution is 2.25. The van der Waals surface area contributed by atoms with Crippen molar-refractivity contribution in [3.8, 4) is 0 Å². The molecule has 27 heavy (non-hydrogen) atoms. The first-order chi connectivity index (χ1) is 13.2. The Morgan fingerprint density at radius 2 is 1.96 bits per heavy atom. The standard InChI is InChI=1S/C21H20ClN3O2/c22-18-8-6-16(7-9-18)21(26)23-12-19-20-17(10-11-27-19)14-25(24-20)13-15-4-2-1-3-5-15/h1-9,14,19H,10-13H2,(H,23,26)/t19-/m1/s1. The molecule has 138 valence electrons. The van der Waals surface area contributed by atoms with Gasteiger partial charge >= 0.3 is 0 Å². The van der Waals surface area contributed by atoms with E-state index in [-0.39, 0.29) is 12.0 Å². The second kappa shape index (κ2) is 7.94. The van der Waals surface area contributed by atoms with Crippen molar-refractivity contribution in [2.45, 2.75) is 19.1 Å². The van der Waals surface area contributed by atoms with Crippen molar-refractivity contribution in [1.82, 2.24) is 15.1 Å². The zero-order valence-electron chi connectivity index (χ0n) is 14.8. The Balaban J connectivity index is 1.43. The summed E-state index contributed by atoms with van der Waals surface area (Å²) >= 11 is 5.87. The van der Waals surface area contributed by atoms with Crippen LogP contribution in [0.4, 0.5) is 0 Å². The highest BCUT2D eigenvalue weighted by molar-refractivity contribution is 6.30. The fourth-order valence-corrected chi connectivity index (χ4v) is 3.35. The number of nitrogens with zero attached hydrogens (tertiary/aromatic N) is 2. The minimum atomic E-state index is -0.234. The van der Waals surface area contributed by atoms with Gasteiger partial charge in [0.2, 0.25) is 0 Å². The molecule has 0 saturated heterocycles. The third-order valence-corrected chi connectivity index (χ3v) is 4.86. The van der Waals surface area contributed by atoms with Crippen molar-refractivity contribution < 1.29 is 9.53 Å². The van der Waals surface area contributed by atoms with Gasteiger partial charge in [-0.05, 0) is 41.8 Å². The summed E-state index contributed by atoms with van der Waals surface area (Å²) in [6.07, 6.45) is 2.69. The molecule has 0 aliphatic carbocycles. The summed E-state index contributed by atoms with van der Waals surface area (Å²) in [5, 5.41) is 8.25. The molecule has 2 heterocycles. The van der Waals surface area contributed by atoms with Crippen LogP contribution in [0.5, 0.6) is 0 Å². The van der Waals surface area contributed by atoms with Crippen molar-refractivity contribution in [1.29, 1.82) is 0 Å². The van der Waals surface area contributed by atoms with Gasteiger partial charge in [-0.15, -0.1) is 0 Å². The van der Waals surface area contributed by atoms with Crippen molar-refractivity contribution in [3.05, 3.63) is 88.2 Å². The number of nitrogens with one attached hydrogen (secondary N) is 1. The number of carbonyl (C=O) groups is 1. The second-order valence-electron chi connectivity index (χ2n) is 6.55. The lowest BCUT2D eigenvalue weighted by Crippen LogP contribution is -2.31. The van der Waals surface area contributed by atoms with Gasteiger partial charge in [0.25, 0.3) is 5.91 Å². The van der Waals surface area contributed by atoms with E-state index in [1.807, 2.05) is 22.9 Å². The normalized spacial score (nSPS) is 16.0. The van der Waals surface area contributed by atoms with Crippen LogP contribution in [0.25, 0.3) is 0 Å². The Morgan fingerprint density at radius 1 is 1.19 bits per heavy atom. The van der Waals surface area contributed by atoms with E-state index in [4.69, 9.17) is 21.4 Å². The van der Waals surface area contributed by atoms with Crippen molar-refractivity contribution in [2.24, 2.45) is 0 Å². The molecule has 5 nitrogen and oxygen atoms in total. The zero-order valence-corrected chi connectivity index (χ0v) is 15.5. The van der Waals surface area contributed by atoms with E-state index in [0.717, 1.165) is 18.7 Å². The maximum absolute atomic E-state index is 12.3. The molecular formula is C21H20ClN3O2. The highest BCUT2D eigenvalue weighted by atomic mass is 35.5. The number of halogens is 1. The van der Waals surface area contributed by atoms with Gasteiger partial charge in [-0.2, -0.15) is 5.10 Å². The lowest BCUT2D eigenvalue weighted by atomic mass is 10.1. The summed E-state index contributed by atoms with van der Waals surface area (Å²) in [6.45, 7) is 1.74. The van der Waals surface area contributed by atoms with Gasteiger partial charge in [0.15, 0.2) is 0 Å². The number of ether oxygens (including phenoxy) is 1. The van der Waals surface area contributed by atoms with Gasteiger partial charge in [0.1, 0.15) is 6.10 Å². The molecule has 2 aromatic carbocycles. The predicted octanol–water partition coefficient (Wildman–Crippen LogP) is 3.63. The molecule has 0 saturated carbocycles. The smallest absolute Gasteiger partial charge is 0.251 e. The summed E-state index contributed by atoms with van der Waals surface area (Å²) < 4.78 is 7.81. The Kier molecular flexibility index (Phi) is 5.23. The van der Waals surface area contributed by atoms with Crippen LogP contribution in [0.1, 0.15) is 33.3 Å². The van der Waals surface area contributed by atoms with Crippen LogP contribution < -0.4 is 5.32 Å². The Hall–Kier alpha value is -2.63. The maximum Gasteiger partial charge on any atom is 0.251 e. The molecule has 0 spiro atoms. The van der Waals surface area contributed by atoms with Gasteiger partial charge in [-0.1, -0.05) is 41.9 Å². The number of amides is 1. The van der Waals surface area contributed by atoms with E-state index in [2.05, 4.69) is 23.6 Å². The Labute approximate surface area is 162 Å². The van der Waals surface area contributed by atoms with Crippen LogP contribution >= 0.6 is 11.6 Å². The molecule has 0 unspecified atom stereocenters. The third kappa shape index (κ3) is 4.21. The summed E-state index contributed by atoms with van der Waals surface area (Å²) in [5.41, 5.74) is 3.87. The number of hydrogen-bond donors (Lipinski definition) is 1. The van der Waals surface area contributed by atoms with E-state index >= 15 is 0 Å². The molecule has 6 heteroatoms. The molecule has 1 N–H and O–H groups in total. The Bertz CT molecular complexity index is 922. The van der Waals surface area contributed by atoms with Gasteiger partial charge in [0, 0.05) is 23.3 Å². The first kappa shape index (κ1) is 17.8. The van der Waals surface area contributed by atoms with Crippen LogP contribution in [0.2, 0.25) is 5.02 Å². The lowest BCUT2D eigenvalue weighted by Gasteiger charge is -2.22. The van der Waals surface area contributed by atoms with E-state index in [9.17, 15) is 4.79 Å². The molecule has 4 rings (SSSR count). The third-order valence-electron chi connectivity index (χ3n) is 4.61. The molecule has 3 aromatic rings. The van der Waals surface area contributed by atoms with Crippen LogP contribution in [0, 0.1) is 0 Å². The average Bonchev–Trinajstić information content (AvgIpc) is 3.10. The largest absolute Gasteiger partial charge is 0.370 e. The number of benzene rings is 2. The monoisotopic (exact) mass is 381 g/mol. The topological polar surface area (TPSA) is 56.1 Å². The molecule has 1 aromatic heterocycles. The van der Waals surface area contributed by atoms with Crippen molar-refractivity contribution >= 4 is 17.5 Å². The minimum Gasteiger partial charge on any atom is -0.370 e. The van der Waals surface area contributed by atoms with Crippen LogP contribution in [-0.2, 0) is 17.7 Å². The quantitative estimate of drug-likeness (QED) is 0.734. The lowest BCUT2D eigenvalue weighted by molar-refractivity contribution is 0.0383. The summed E-state index contributed by atoms with van der Waals surface area (Å²) in [5.74, 6) is -0.147. The molecule has 0 radical (unpaired) electrons. The predicted molar refractivity (Wildman–Crippen MR) is 104 cm³/mol. The number of carbonyl (C=O) groups excluding carboxylic acids is 1. The SMILES string of the molecule is O=C(NC[C@H]1OCCc2cn(Cc3ccccc3)nc21)c1ccc(Cl)cc1. The van der Waals surface area contributed by atoms with Gasteiger partial charge < -0.3 is 10.1 Å². The van der Waals surface area contributed by atoms with E-state index < -0.39 is 0 Å². The van der Waals surface area contributed by atoms with E-state index in [0.29, 0.717) is 23.7 Å². The number of hydrogen-bond acceptors (Lipinski definition) is 3. The first-order valence-electron chi connectivity index (χ1n) is 8.94. The first-order valence-corrected chi connectivity index (χ1v) is 9.32. The van der Waals surface area contributed by atoms with Crippen LogP contribution in [-0.4, -0.2) is 28.8 Å². The van der Waals surface area contributed by atoms with Gasteiger partial charge in [0.05, 0.1) is 18.8 Å². The van der Waals surface area contributed by atoms with E-state index in [1.165, 1.54) is 11.1 Å². The van der Waals surface area contributed by atoms with Gasteiger partial charge in [-0.25, -0.2) is 0 Å².